The molecule has 0 aromatic heterocycles. The molecule has 16 heavy (non-hydrogen) atoms. The van der Waals surface area contributed by atoms with Crippen molar-refractivity contribution in [1.82, 2.24) is 10.2 Å². The van der Waals surface area contributed by atoms with Crippen LogP contribution in [0.15, 0.2) is 4.99 Å². The first kappa shape index (κ1) is 13.3. The van der Waals surface area contributed by atoms with Crippen LogP contribution in [0, 0.1) is 0 Å². The average Bonchev–Trinajstić information content (AvgIpc) is 2.25. The fourth-order valence-corrected chi connectivity index (χ4v) is 1.66. The summed E-state index contributed by atoms with van der Waals surface area (Å²) in [6.45, 7) is 9.80. The topological polar surface area (TPSA) is 62.9 Å². The molecule has 1 aliphatic rings. The smallest absolute Gasteiger partial charge is 0.188 e. The van der Waals surface area contributed by atoms with Crippen LogP contribution in [0.2, 0.25) is 0 Å². The first-order valence-corrected chi connectivity index (χ1v) is 6.05. The van der Waals surface area contributed by atoms with Crippen LogP contribution in [0.4, 0.5) is 0 Å². The molecule has 0 unspecified atom stereocenters. The maximum atomic E-state index is 5.70. The van der Waals surface area contributed by atoms with E-state index in [1.54, 1.807) is 0 Å². The van der Waals surface area contributed by atoms with Crippen LogP contribution in [0.25, 0.3) is 0 Å². The maximum Gasteiger partial charge on any atom is 0.188 e. The number of nitrogens with two attached hydrogens (primary N) is 1. The van der Waals surface area contributed by atoms with Crippen LogP contribution in [0.1, 0.15) is 20.3 Å². The second kappa shape index (κ2) is 7.46. The molecule has 5 heteroatoms. The van der Waals surface area contributed by atoms with Gasteiger partial charge >= 0.3 is 0 Å². The molecule has 0 aromatic carbocycles. The van der Waals surface area contributed by atoms with Crippen molar-refractivity contribution in [1.29, 1.82) is 0 Å². The van der Waals surface area contributed by atoms with Gasteiger partial charge in [-0.15, -0.1) is 0 Å². The van der Waals surface area contributed by atoms with Crippen molar-refractivity contribution in [3.8, 4) is 0 Å². The van der Waals surface area contributed by atoms with Gasteiger partial charge in [0.25, 0.3) is 0 Å². The Morgan fingerprint density at radius 1 is 1.44 bits per heavy atom. The van der Waals surface area contributed by atoms with Gasteiger partial charge in [0.05, 0.1) is 13.2 Å². The summed E-state index contributed by atoms with van der Waals surface area (Å²) in [6.07, 6.45) is 1.06. The van der Waals surface area contributed by atoms with Gasteiger partial charge in [0, 0.05) is 32.2 Å². The molecule has 0 amide bonds. The number of hydrogen-bond donors (Lipinski definition) is 2. The number of ether oxygens (including phenoxy) is 1. The lowest BCUT2D eigenvalue weighted by atomic mass is 10.3. The quantitative estimate of drug-likeness (QED) is 0.396. The Morgan fingerprint density at radius 3 is 2.75 bits per heavy atom. The Labute approximate surface area is 98.0 Å². The van der Waals surface area contributed by atoms with E-state index in [1.165, 1.54) is 0 Å². The zero-order valence-electron chi connectivity index (χ0n) is 10.4. The van der Waals surface area contributed by atoms with Gasteiger partial charge in [-0.1, -0.05) is 0 Å². The highest BCUT2D eigenvalue weighted by atomic mass is 16.5. The molecule has 0 atom stereocenters. The average molecular weight is 228 g/mol. The molecule has 1 aliphatic heterocycles. The number of rotatable bonds is 5. The van der Waals surface area contributed by atoms with E-state index in [2.05, 4.69) is 29.1 Å². The van der Waals surface area contributed by atoms with Crippen LogP contribution >= 0.6 is 0 Å². The van der Waals surface area contributed by atoms with Gasteiger partial charge in [-0.2, -0.15) is 0 Å². The SMILES string of the molecule is CC(C)NC(N)=NCCCN1CCOCC1. The molecule has 1 saturated heterocycles. The Hall–Kier alpha value is -0.810. The van der Waals surface area contributed by atoms with Crippen molar-refractivity contribution in [2.24, 2.45) is 10.7 Å². The van der Waals surface area contributed by atoms with E-state index < -0.39 is 0 Å². The molecule has 0 bridgehead atoms. The van der Waals surface area contributed by atoms with E-state index in [0.717, 1.165) is 45.8 Å². The van der Waals surface area contributed by atoms with Crippen molar-refractivity contribution in [2.45, 2.75) is 26.3 Å². The van der Waals surface area contributed by atoms with Crippen LogP contribution in [0.5, 0.6) is 0 Å². The van der Waals surface area contributed by atoms with Gasteiger partial charge in [-0.25, -0.2) is 0 Å². The molecule has 1 rings (SSSR count). The number of nitrogens with one attached hydrogen (secondary N) is 1. The highest BCUT2D eigenvalue weighted by molar-refractivity contribution is 5.77. The number of aliphatic imine (C=N–C) groups is 1. The van der Waals surface area contributed by atoms with Gasteiger partial charge < -0.3 is 15.8 Å². The molecule has 5 nitrogen and oxygen atoms in total. The fraction of sp³-hybridized carbons (Fsp3) is 0.909. The molecule has 0 spiro atoms. The lowest BCUT2D eigenvalue weighted by Crippen LogP contribution is -2.38. The summed E-state index contributed by atoms with van der Waals surface area (Å²) >= 11 is 0. The van der Waals surface area contributed by atoms with Crippen molar-refractivity contribution >= 4 is 5.96 Å². The number of guanidine groups is 1. The minimum atomic E-state index is 0.350. The Bertz CT molecular complexity index is 212. The summed E-state index contributed by atoms with van der Waals surface area (Å²) in [5.41, 5.74) is 5.70. The van der Waals surface area contributed by atoms with Gasteiger partial charge in [0.2, 0.25) is 0 Å². The second-order valence-electron chi connectivity index (χ2n) is 4.37. The van der Waals surface area contributed by atoms with Crippen molar-refractivity contribution in [3.05, 3.63) is 0 Å². The molecule has 0 radical (unpaired) electrons. The van der Waals surface area contributed by atoms with Gasteiger partial charge in [-0.3, -0.25) is 9.89 Å². The van der Waals surface area contributed by atoms with Crippen LogP contribution in [-0.4, -0.2) is 56.3 Å². The summed E-state index contributed by atoms with van der Waals surface area (Å²) < 4.78 is 5.29. The van der Waals surface area contributed by atoms with Gasteiger partial charge in [-0.05, 0) is 20.3 Å². The third-order valence-electron chi connectivity index (χ3n) is 2.45. The summed E-state index contributed by atoms with van der Waals surface area (Å²) in [5, 5.41) is 3.08. The molecule has 94 valence electrons. The second-order valence-corrected chi connectivity index (χ2v) is 4.37. The maximum absolute atomic E-state index is 5.70. The predicted molar refractivity (Wildman–Crippen MR) is 66.6 cm³/mol. The third kappa shape index (κ3) is 5.92. The molecule has 0 aromatic rings. The van der Waals surface area contributed by atoms with E-state index in [9.17, 15) is 0 Å². The van der Waals surface area contributed by atoms with Gasteiger partial charge in [0.1, 0.15) is 0 Å². The lowest BCUT2D eigenvalue weighted by molar-refractivity contribution is 0.0377. The number of nitrogens with zero attached hydrogens (tertiary/aromatic N) is 2. The van der Waals surface area contributed by atoms with Crippen LogP contribution < -0.4 is 11.1 Å². The largest absolute Gasteiger partial charge is 0.379 e. The Kier molecular flexibility index (Phi) is 6.18. The summed E-state index contributed by atoms with van der Waals surface area (Å²) in [5.74, 6) is 0.553. The Balaban J connectivity index is 2.05. The van der Waals surface area contributed by atoms with Crippen LogP contribution in [-0.2, 0) is 4.74 Å². The summed E-state index contributed by atoms with van der Waals surface area (Å²) in [6, 6.07) is 0.350. The van der Waals surface area contributed by atoms with Crippen LogP contribution in [0.3, 0.4) is 0 Å². The summed E-state index contributed by atoms with van der Waals surface area (Å²) in [7, 11) is 0. The molecule has 0 saturated carbocycles. The number of morpholine rings is 1. The standard InChI is InChI=1S/C11H24N4O/c1-10(2)14-11(12)13-4-3-5-15-6-8-16-9-7-15/h10H,3-9H2,1-2H3,(H3,12,13,14). The molecular formula is C11H24N4O. The zero-order valence-corrected chi connectivity index (χ0v) is 10.4. The first-order valence-electron chi connectivity index (χ1n) is 6.05. The molecular weight excluding hydrogens is 204 g/mol. The minimum absolute atomic E-state index is 0.350. The molecule has 1 heterocycles. The molecule has 1 fully saturated rings. The van der Waals surface area contributed by atoms with E-state index in [0.29, 0.717) is 12.0 Å². The first-order chi connectivity index (χ1) is 7.68. The molecule has 0 aliphatic carbocycles. The van der Waals surface area contributed by atoms with Crippen molar-refractivity contribution in [2.75, 3.05) is 39.4 Å². The van der Waals surface area contributed by atoms with E-state index in [1.807, 2.05) is 0 Å². The third-order valence-corrected chi connectivity index (χ3v) is 2.45. The fourth-order valence-electron chi connectivity index (χ4n) is 1.66. The van der Waals surface area contributed by atoms with Gasteiger partial charge in [0.15, 0.2) is 5.96 Å². The van der Waals surface area contributed by atoms with E-state index in [4.69, 9.17) is 10.5 Å². The normalized spacial score (nSPS) is 19.1. The monoisotopic (exact) mass is 228 g/mol. The molecule has 3 N–H and O–H groups in total. The minimum Gasteiger partial charge on any atom is -0.379 e. The van der Waals surface area contributed by atoms with E-state index >= 15 is 0 Å². The number of hydrogen-bond acceptors (Lipinski definition) is 3. The van der Waals surface area contributed by atoms with Crippen molar-refractivity contribution < 1.29 is 4.74 Å². The Morgan fingerprint density at radius 2 is 2.12 bits per heavy atom. The predicted octanol–water partition coefficient (Wildman–Crippen LogP) is 0.0214. The van der Waals surface area contributed by atoms with Crippen molar-refractivity contribution in [3.63, 3.8) is 0 Å². The highest BCUT2D eigenvalue weighted by Crippen LogP contribution is 1.97. The highest BCUT2D eigenvalue weighted by Gasteiger charge is 2.08. The van der Waals surface area contributed by atoms with E-state index in [-0.39, 0.29) is 0 Å². The zero-order chi connectivity index (χ0) is 11.8. The summed E-state index contributed by atoms with van der Waals surface area (Å²) in [4.78, 5) is 6.68. The lowest BCUT2D eigenvalue weighted by Gasteiger charge is -2.26.